The molecule has 3 nitrogen and oxygen atoms in total. The number of carbonyl (C=O) groups excluding carboxylic acids is 1. The molecular formula is C12H20INO2. The molecule has 0 radical (unpaired) electrons. The second-order valence-electron chi connectivity index (χ2n) is 5.88. The first kappa shape index (κ1) is 12.5. The second kappa shape index (κ2) is 4.35. The number of piperidine rings is 2. The summed E-state index contributed by atoms with van der Waals surface area (Å²) in [4.78, 5) is 14.0. The molecule has 1 aliphatic carbocycles. The molecule has 3 aliphatic rings. The van der Waals surface area contributed by atoms with Crippen LogP contribution in [0.15, 0.2) is 0 Å². The summed E-state index contributed by atoms with van der Waals surface area (Å²) < 4.78 is 6.20. The van der Waals surface area contributed by atoms with Gasteiger partial charge in [-0.25, -0.2) is 4.79 Å². The summed E-state index contributed by atoms with van der Waals surface area (Å²) in [6, 6.07) is 0.418. The van der Waals surface area contributed by atoms with E-state index in [1.165, 1.54) is 6.42 Å². The molecule has 92 valence electrons. The number of nitrogens with zero attached hydrogens (tertiary/aromatic N) is 1. The first-order chi connectivity index (χ1) is 7.37. The molecule has 2 heterocycles. The minimum absolute atomic E-state index is 0.120. The van der Waals surface area contributed by atoms with Crippen LogP contribution in [0.25, 0.3) is 0 Å². The number of amides is 1. The van der Waals surface area contributed by atoms with Gasteiger partial charge in [0.2, 0.25) is 0 Å². The lowest BCUT2D eigenvalue weighted by atomic mass is 9.80. The topological polar surface area (TPSA) is 29.5 Å². The predicted molar refractivity (Wildman–Crippen MR) is 71.9 cm³/mol. The molecule has 3 fully saturated rings. The smallest absolute Gasteiger partial charge is 0.410 e. The zero-order valence-corrected chi connectivity index (χ0v) is 12.4. The number of carbonyl (C=O) groups is 1. The third-order valence-corrected chi connectivity index (χ3v) is 4.90. The van der Waals surface area contributed by atoms with Gasteiger partial charge >= 0.3 is 6.09 Å². The summed E-state index contributed by atoms with van der Waals surface area (Å²) in [5.74, 6) is 0.679. The molecule has 2 aliphatic heterocycles. The molecule has 2 saturated heterocycles. The van der Waals surface area contributed by atoms with Gasteiger partial charge in [-0.3, -0.25) is 0 Å². The van der Waals surface area contributed by atoms with Crippen LogP contribution in [0.1, 0.15) is 40.0 Å². The number of rotatable bonds is 0. The van der Waals surface area contributed by atoms with Crippen molar-refractivity contribution in [2.45, 2.75) is 55.6 Å². The van der Waals surface area contributed by atoms with E-state index in [-0.39, 0.29) is 11.7 Å². The van der Waals surface area contributed by atoms with E-state index in [0.717, 1.165) is 23.3 Å². The van der Waals surface area contributed by atoms with Crippen molar-refractivity contribution in [2.75, 3.05) is 6.54 Å². The molecule has 1 amide bonds. The van der Waals surface area contributed by atoms with Crippen molar-refractivity contribution in [2.24, 2.45) is 5.92 Å². The number of fused-ring (bicyclic) bond motifs is 3. The fourth-order valence-corrected chi connectivity index (χ4v) is 3.77. The van der Waals surface area contributed by atoms with Gasteiger partial charge in [0.05, 0.1) is 0 Å². The largest absolute Gasteiger partial charge is 0.444 e. The van der Waals surface area contributed by atoms with E-state index in [2.05, 4.69) is 22.6 Å². The van der Waals surface area contributed by atoms with E-state index < -0.39 is 0 Å². The number of hydrogen-bond acceptors (Lipinski definition) is 2. The lowest BCUT2D eigenvalue weighted by Gasteiger charge is -2.47. The Morgan fingerprint density at radius 1 is 1.38 bits per heavy atom. The van der Waals surface area contributed by atoms with Crippen LogP contribution in [0.5, 0.6) is 0 Å². The van der Waals surface area contributed by atoms with E-state index in [1.807, 2.05) is 25.7 Å². The van der Waals surface area contributed by atoms with E-state index >= 15 is 0 Å². The van der Waals surface area contributed by atoms with Crippen molar-refractivity contribution < 1.29 is 9.53 Å². The lowest BCUT2D eigenvalue weighted by molar-refractivity contribution is -0.00953. The number of alkyl halides is 1. The Hall–Kier alpha value is 0. The van der Waals surface area contributed by atoms with Crippen LogP contribution in [0.2, 0.25) is 0 Å². The molecule has 0 aromatic rings. The van der Waals surface area contributed by atoms with E-state index in [9.17, 15) is 4.79 Å². The Kier molecular flexibility index (Phi) is 3.39. The molecule has 0 aromatic carbocycles. The summed E-state index contributed by atoms with van der Waals surface area (Å²) in [7, 11) is 0. The Balaban J connectivity index is 1.99. The molecule has 0 spiro atoms. The molecule has 1 saturated carbocycles. The van der Waals surface area contributed by atoms with Gasteiger partial charge < -0.3 is 9.64 Å². The summed E-state index contributed by atoms with van der Waals surface area (Å²) in [6.07, 6.45) is 3.45. The normalized spacial score (nSPS) is 34.0. The van der Waals surface area contributed by atoms with Crippen LogP contribution in [0.4, 0.5) is 4.79 Å². The summed E-state index contributed by atoms with van der Waals surface area (Å²) >= 11 is 2.53. The van der Waals surface area contributed by atoms with Crippen LogP contribution in [0, 0.1) is 5.92 Å². The lowest BCUT2D eigenvalue weighted by Crippen LogP contribution is -2.55. The second-order valence-corrected chi connectivity index (χ2v) is 7.48. The molecule has 0 unspecified atom stereocenters. The third kappa shape index (κ3) is 2.63. The monoisotopic (exact) mass is 337 g/mol. The summed E-state index contributed by atoms with van der Waals surface area (Å²) in [5.41, 5.74) is -0.377. The fraction of sp³-hybridized carbons (Fsp3) is 0.917. The highest BCUT2D eigenvalue weighted by molar-refractivity contribution is 14.1. The highest BCUT2D eigenvalue weighted by Crippen LogP contribution is 2.39. The number of hydrogen-bond donors (Lipinski definition) is 0. The Morgan fingerprint density at radius 3 is 2.50 bits per heavy atom. The minimum Gasteiger partial charge on any atom is -0.444 e. The standard InChI is InChI=1S/C12H20INO2/c1-12(2,3)16-11(15)14-7-8-4-5-9(14)6-10(8)13/h8-10H,4-7H2,1-3H3/t8-,9-,10-/m1/s1. The molecule has 0 aromatic heterocycles. The molecule has 16 heavy (non-hydrogen) atoms. The SMILES string of the molecule is CC(C)(C)OC(=O)N1C[C@H]2CC[C@@H]1C[C@H]2I. The fourth-order valence-electron chi connectivity index (χ4n) is 2.59. The Bertz CT molecular complexity index is 287. The van der Waals surface area contributed by atoms with Crippen molar-refractivity contribution in [3.05, 3.63) is 0 Å². The van der Waals surface area contributed by atoms with Gasteiger partial charge in [-0.2, -0.15) is 0 Å². The van der Waals surface area contributed by atoms with Gasteiger partial charge in [-0.15, -0.1) is 0 Å². The first-order valence-corrected chi connectivity index (χ1v) is 7.25. The van der Waals surface area contributed by atoms with Gasteiger partial charge in [0.1, 0.15) is 5.60 Å². The van der Waals surface area contributed by atoms with Gasteiger partial charge in [0.15, 0.2) is 0 Å². The highest BCUT2D eigenvalue weighted by Gasteiger charge is 2.42. The average molecular weight is 337 g/mol. The van der Waals surface area contributed by atoms with Crippen molar-refractivity contribution >= 4 is 28.7 Å². The number of ether oxygens (including phenoxy) is 1. The molecule has 3 atom stereocenters. The van der Waals surface area contributed by atoms with Crippen LogP contribution < -0.4 is 0 Å². The molecule has 0 N–H and O–H groups in total. The van der Waals surface area contributed by atoms with E-state index in [1.54, 1.807) is 0 Å². The van der Waals surface area contributed by atoms with Gasteiger partial charge in [0.25, 0.3) is 0 Å². The quantitative estimate of drug-likeness (QED) is 0.502. The van der Waals surface area contributed by atoms with Crippen molar-refractivity contribution in [3.8, 4) is 0 Å². The van der Waals surface area contributed by atoms with Crippen molar-refractivity contribution in [1.82, 2.24) is 4.90 Å². The molecular weight excluding hydrogens is 317 g/mol. The van der Waals surface area contributed by atoms with Gasteiger partial charge in [-0.05, 0) is 46.0 Å². The molecule has 3 rings (SSSR count). The highest BCUT2D eigenvalue weighted by atomic mass is 127. The minimum atomic E-state index is -0.377. The average Bonchev–Trinajstić information content (AvgIpc) is 2.15. The van der Waals surface area contributed by atoms with Crippen LogP contribution >= 0.6 is 22.6 Å². The molecule has 4 heteroatoms. The predicted octanol–water partition coefficient (Wildman–Crippen LogP) is 3.21. The van der Waals surface area contributed by atoms with Crippen LogP contribution in [0.3, 0.4) is 0 Å². The van der Waals surface area contributed by atoms with Crippen LogP contribution in [-0.2, 0) is 4.74 Å². The maximum Gasteiger partial charge on any atom is 0.410 e. The number of halogens is 1. The first-order valence-electron chi connectivity index (χ1n) is 6.00. The Labute approximate surface area is 111 Å². The maximum absolute atomic E-state index is 12.0. The molecule has 2 bridgehead atoms. The van der Waals surface area contributed by atoms with Gasteiger partial charge in [-0.1, -0.05) is 22.6 Å². The zero-order chi connectivity index (χ0) is 11.9. The Morgan fingerprint density at radius 2 is 2.06 bits per heavy atom. The zero-order valence-electron chi connectivity index (χ0n) is 10.2. The maximum atomic E-state index is 12.0. The summed E-state index contributed by atoms with van der Waals surface area (Å²) in [5, 5.41) is 0. The van der Waals surface area contributed by atoms with Crippen LogP contribution in [-0.4, -0.2) is 33.1 Å². The van der Waals surface area contributed by atoms with E-state index in [4.69, 9.17) is 4.74 Å². The van der Waals surface area contributed by atoms with Crippen molar-refractivity contribution in [3.63, 3.8) is 0 Å². The van der Waals surface area contributed by atoms with E-state index in [0.29, 0.717) is 12.0 Å². The third-order valence-electron chi connectivity index (χ3n) is 3.38. The van der Waals surface area contributed by atoms with Gasteiger partial charge in [0, 0.05) is 16.5 Å². The van der Waals surface area contributed by atoms with Crippen molar-refractivity contribution in [1.29, 1.82) is 0 Å². The summed E-state index contributed by atoms with van der Waals surface area (Å²) in [6.45, 7) is 6.67.